The van der Waals surface area contributed by atoms with Crippen molar-refractivity contribution in [2.24, 2.45) is 0 Å². The number of β-amino-alcohol motifs (C(OH)–C–C–N with tert-alkyl or cyclic N) is 1. The normalized spacial score (nSPS) is 18.6. The predicted octanol–water partition coefficient (Wildman–Crippen LogP) is 0.00590. The van der Waals surface area contributed by atoms with E-state index >= 15 is 0 Å². The van der Waals surface area contributed by atoms with Crippen molar-refractivity contribution in [3.63, 3.8) is 0 Å². The number of aromatic nitrogens is 1. The average Bonchev–Trinajstić information content (AvgIpc) is 2.68. The summed E-state index contributed by atoms with van der Waals surface area (Å²) in [4.78, 5) is 5.90. The van der Waals surface area contributed by atoms with Gasteiger partial charge in [0.25, 0.3) is 0 Å². The maximum atomic E-state index is 12.6. The highest BCUT2D eigenvalue weighted by Crippen LogP contribution is 2.23. The monoisotopic (exact) mass is 334 g/mol. The van der Waals surface area contributed by atoms with Gasteiger partial charge in [-0.3, -0.25) is 4.90 Å². The summed E-state index contributed by atoms with van der Waals surface area (Å²) in [6, 6.07) is 1.33. The van der Waals surface area contributed by atoms with Gasteiger partial charge in [0.1, 0.15) is 10.7 Å². The minimum Gasteiger partial charge on any atom is -0.395 e. The number of rotatable bonds is 4. The summed E-state index contributed by atoms with van der Waals surface area (Å²) in [7, 11) is -3.62. The average molecular weight is 335 g/mol. The van der Waals surface area contributed by atoms with Gasteiger partial charge >= 0.3 is 0 Å². The second-order valence-electron chi connectivity index (χ2n) is 4.86. The first-order valence-corrected chi connectivity index (χ1v) is 8.51. The van der Waals surface area contributed by atoms with Gasteiger partial charge in [-0.1, -0.05) is 11.6 Å². The molecule has 9 heteroatoms. The molecule has 1 aliphatic heterocycles. The van der Waals surface area contributed by atoms with Gasteiger partial charge in [0.15, 0.2) is 0 Å². The highest BCUT2D eigenvalue weighted by molar-refractivity contribution is 7.89. The van der Waals surface area contributed by atoms with Crippen LogP contribution in [0.3, 0.4) is 0 Å². The lowest BCUT2D eigenvalue weighted by molar-refractivity contribution is 0.202. The van der Waals surface area contributed by atoms with Gasteiger partial charge in [0.05, 0.1) is 11.6 Å². The van der Waals surface area contributed by atoms with E-state index in [1.54, 1.807) is 0 Å². The number of nitrogens with two attached hydrogens (primary N) is 1. The van der Waals surface area contributed by atoms with Gasteiger partial charge in [-0.25, -0.2) is 13.4 Å². The molecule has 0 bridgehead atoms. The van der Waals surface area contributed by atoms with Gasteiger partial charge in [-0.2, -0.15) is 4.31 Å². The molecular formula is C12H19ClN4O3S. The molecular weight excluding hydrogens is 316 g/mol. The number of anilines is 1. The molecule has 0 unspecified atom stereocenters. The third kappa shape index (κ3) is 3.83. The first-order chi connectivity index (χ1) is 9.95. The lowest BCUT2D eigenvalue weighted by Gasteiger charge is -2.21. The summed E-state index contributed by atoms with van der Waals surface area (Å²) in [6.45, 7) is 2.81. The number of aliphatic hydroxyl groups excluding tert-OH is 1. The molecule has 0 radical (unpaired) electrons. The van der Waals surface area contributed by atoms with E-state index in [-0.39, 0.29) is 22.3 Å². The largest absolute Gasteiger partial charge is 0.395 e. The van der Waals surface area contributed by atoms with Gasteiger partial charge in [0.2, 0.25) is 10.0 Å². The minimum atomic E-state index is -3.62. The fourth-order valence-corrected chi connectivity index (χ4v) is 3.95. The van der Waals surface area contributed by atoms with E-state index in [9.17, 15) is 8.42 Å². The minimum absolute atomic E-state index is 0.0531. The Labute approximate surface area is 129 Å². The van der Waals surface area contributed by atoms with E-state index in [0.29, 0.717) is 26.2 Å². The Kier molecular flexibility index (Phi) is 5.39. The molecule has 2 rings (SSSR count). The zero-order valence-corrected chi connectivity index (χ0v) is 13.1. The lowest BCUT2D eigenvalue weighted by atomic mass is 10.4. The van der Waals surface area contributed by atoms with Crippen LogP contribution < -0.4 is 5.73 Å². The van der Waals surface area contributed by atoms with Crippen LogP contribution in [0.2, 0.25) is 5.02 Å². The molecule has 1 aliphatic rings. The van der Waals surface area contributed by atoms with E-state index in [1.165, 1.54) is 16.6 Å². The van der Waals surface area contributed by atoms with Crippen LogP contribution >= 0.6 is 11.6 Å². The van der Waals surface area contributed by atoms with Crippen LogP contribution in [-0.4, -0.2) is 67.0 Å². The molecule has 2 heterocycles. The van der Waals surface area contributed by atoms with Crippen molar-refractivity contribution in [1.29, 1.82) is 0 Å². The molecule has 1 saturated heterocycles. The Bertz CT molecular complexity index is 596. The summed E-state index contributed by atoms with van der Waals surface area (Å²) in [5, 5.41) is 9.09. The second kappa shape index (κ2) is 6.89. The number of nitrogens with zero attached hydrogens (tertiary/aromatic N) is 3. The van der Waals surface area contributed by atoms with Crippen LogP contribution in [-0.2, 0) is 10.0 Å². The summed E-state index contributed by atoms with van der Waals surface area (Å²) in [6.07, 6.45) is 1.95. The van der Waals surface area contributed by atoms with Crippen LogP contribution in [0.4, 0.5) is 5.82 Å². The van der Waals surface area contributed by atoms with Crippen LogP contribution in [0.25, 0.3) is 0 Å². The number of sulfonamides is 1. The number of hydrogen-bond acceptors (Lipinski definition) is 6. The van der Waals surface area contributed by atoms with Crippen molar-refractivity contribution in [2.45, 2.75) is 11.3 Å². The lowest BCUT2D eigenvalue weighted by Crippen LogP contribution is -2.36. The van der Waals surface area contributed by atoms with Crippen LogP contribution in [0.5, 0.6) is 0 Å². The second-order valence-corrected chi connectivity index (χ2v) is 7.21. The summed E-state index contributed by atoms with van der Waals surface area (Å²) < 4.78 is 26.6. The topological polar surface area (TPSA) is 99.8 Å². The van der Waals surface area contributed by atoms with Gasteiger partial charge in [0, 0.05) is 32.4 Å². The molecule has 0 atom stereocenters. The molecule has 0 saturated carbocycles. The zero-order chi connectivity index (χ0) is 15.5. The molecule has 1 aromatic rings. The van der Waals surface area contributed by atoms with Crippen molar-refractivity contribution in [3.05, 3.63) is 17.3 Å². The highest BCUT2D eigenvalue weighted by Gasteiger charge is 2.27. The molecule has 0 spiro atoms. The van der Waals surface area contributed by atoms with Crippen LogP contribution in [0, 0.1) is 0 Å². The molecule has 21 heavy (non-hydrogen) atoms. The van der Waals surface area contributed by atoms with Crippen molar-refractivity contribution in [2.75, 3.05) is 45.1 Å². The standard InChI is InChI=1S/C12H19ClN4O3S/c13-11-8-10(9-15-12(11)14)21(19,20)17-3-1-2-16(4-5-17)6-7-18/h8-9,18H,1-7H2,(H2,14,15). The summed E-state index contributed by atoms with van der Waals surface area (Å²) in [5.41, 5.74) is 5.51. The quantitative estimate of drug-likeness (QED) is 0.804. The fraction of sp³-hybridized carbons (Fsp3) is 0.583. The third-order valence-electron chi connectivity index (χ3n) is 3.45. The summed E-state index contributed by atoms with van der Waals surface area (Å²) in [5.74, 6) is 0.112. The number of nitrogen functional groups attached to an aromatic ring is 1. The zero-order valence-electron chi connectivity index (χ0n) is 11.6. The van der Waals surface area contributed by atoms with Gasteiger partial charge in [-0.05, 0) is 19.0 Å². The fourth-order valence-electron chi connectivity index (χ4n) is 2.27. The highest BCUT2D eigenvalue weighted by atomic mass is 35.5. The number of aliphatic hydroxyl groups is 1. The number of halogens is 1. The Balaban J connectivity index is 2.17. The Morgan fingerprint density at radius 2 is 2.10 bits per heavy atom. The Morgan fingerprint density at radius 1 is 1.33 bits per heavy atom. The van der Waals surface area contributed by atoms with E-state index in [2.05, 4.69) is 4.98 Å². The van der Waals surface area contributed by atoms with Crippen molar-refractivity contribution >= 4 is 27.4 Å². The van der Waals surface area contributed by atoms with Gasteiger partial charge < -0.3 is 10.8 Å². The SMILES string of the molecule is Nc1ncc(S(=O)(=O)N2CCCN(CCO)CC2)cc1Cl. The summed E-state index contributed by atoms with van der Waals surface area (Å²) >= 11 is 5.85. The molecule has 7 nitrogen and oxygen atoms in total. The van der Waals surface area contributed by atoms with E-state index < -0.39 is 10.0 Å². The van der Waals surface area contributed by atoms with Crippen molar-refractivity contribution in [3.8, 4) is 0 Å². The predicted molar refractivity (Wildman–Crippen MR) is 80.6 cm³/mol. The third-order valence-corrected chi connectivity index (χ3v) is 5.61. The van der Waals surface area contributed by atoms with Crippen molar-refractivity contribution in [1.82, 2.24) is 14.2 Å². The van der Waals surface area contributed by atoms with Crippen LogP contribution in [0.1, 0.15) is 6.42 Å². The first-order valence-electron chi connectivity index (χ1n) is 6.69. The number of hydrogen-bond donors (Lipinski definition) is 2. The molecule has 3 N–H and O–H groups in total. The molecule has 0 aliphatic carbocycles. The Hall–Kier alpha value is -0.930. The van der Waals surface area contributed by atoms with E-state index in [4.69, 9.17) is 22.4 Å². The number of pyridine rings is 1. The smallest absolute Gasteiger partial charge is 0.244 e. The molecule has 1 aromatic heterocycles. The van der Waals surface area contributed by atoms with Crippen molar-refractivity contribution < 1.29 is 13.5 Å². The van der Waals surface area contributed by atoms with E-state index in [0.717, 1.165) is 13.0 Å². The first kappa shape index (κ1) is 16.4. The van der Waals surface area contributed by atoms with Gasteiger partial charge in [-0.15, -0.1) is 0 Å². The molecule has 1 fully saturated rings. The maximum absolute atomic E-state index is 12.6. The maximum Gasteiger partial charge on any atom is 0.244 e. The Morgan fingerprint density at radius 3 is 2.76 bits per heavy atom. The molecule has 118 valence electrons. The van der Waals surface area contributed by atoms with E-state index in [1.807, 2.05) is 4.90 Å². The van der Waals surface area contributed by atoms with Crippen LogP contribution in [0.15, 0.2) is 17.2 Å². The molecule has 0 aromatic carbocycles. The molecule has 0 amide bonds.